The van der Waals surface area contributed by atoms with Gasteiger partial charge >= 0.3 is 0 Å². The van der Waals surface area contributed by atoms with Gasteiger partial charge in [0.2, 0.25) is 0 Å². The van der Waals surface area contributed by atoms with E-state index in [1.54, 1.807) is 0 Å². The van der Waals surface area contributed by atoms with Crippen molar-refractivity contribution in [2.24, 2.45) is 0 Å². The van der Waals surface area contributed by atoms with Gasteiger partial charge in [0.25, 0.3) is 0 Å². The molecular formula is C8H12O4. The van der Waals surface area contributed by atoms with E-state index in [2.05, 4.69) is 0 Å². The molecule has 1 aromatic rings. The Labute approximate surface area is 70.3 Å². The molecule has 1 aromatic carbocycles. The second kappa shape index (κ2) is 4.58. The first-order valence-electron chi connectivity index (χ1n) is 3.31. The molecule has 4 nitrogen and oxygen atoms in total. The van der Waals surface area contributed by atoms with E-state index < -0.39 is 0 Å². The molecule has 12 heavy (non-hydrogen) atoms. The zero-order valence-electron chi connectivity index (χ0n) is 6.54. The molecule has 0 amide bonds. The molecule has 0 fully saturated rings. The summed E-state index contributed by atoms with van der Waals surface area (Å²) < 4.78 is 10.6. The van der Waals surface area contributed by atoms with Gasteiger partial charge in [0.1, 0.15) is 13.2 Å². The van der Waals surface area contributed by atoms with E-state index in [0.717, 1.165) is 11.5 Å². The lowest BCUT2D eigenvalue weighted by Crippen LogP contribution is -2.14. The highest BCUT2D eigenvalue weighted by Crippen LogP contribution is 2.28. The number of rotatable bonds is 0. The molecule has 68 valence electrons. The fraction of sp³-hybridized carbons (Fsp3) is 0.250. The van der Waals surface area contributed by atoms with Gasteiger partial charge in [-0.1, -0.05) is 12.1 Å². The zero-order chi connectivity index (χ0) is 6.81. The average molecular weight is 172 g/mol. The van der Waals surface area contributed by atoms with Crippen LogP contribution >= 0.6 is 0 Å². The van der Waals surface area contributed by atoms with Crippen molar-refractivity contribution in [2.75, 3.05) is 13.2 Å². The highest BCUT2D eigenvalue weighted by Gasteiger charge is 2.07. The normalized spacial score (nSPS) is 12.3. The predicted octanol–water partition coefficient (Wildman–Crippen LogP) is -0.192. The van der Waals surface area contributed by atoms with Gasteiger partial charge in [0.15, 0.2) is 11.5 Å². The number of hydrogen-bond acceptors (Lipinski definition) is 2. The van der Waals surface area contributed by atoms with Crippen molar-refractivity contribution in [3.8, 4) is 11.5 Å². The first-order chi connectivity index (χ1) is 4.97. The molecule has 0 aliphatic carbocycles. The first-order valence-corrected chi connectivity index (χ1v) is 3.31. The fourth-order valence-corrected chi connectivity index (χ4v) is 0.992. The summed E-state index contributed by atoms with van der Waals surface area (Å²) in [5.74, 6) is 1.71. The summed E-state index contributed by atoms with van der Waals surface area (Å²) in [6.45, 7) is 1.33. The van der Waals surface area contributed by atoms with Crippen molar-refractivity contribution in [1.29, 1.82) is 0 Å². The van der Waals surface area contributed by atoms with Gasteiger partial charge in [-0.05, 0) is 12.1 Å². The minimum absolute atomic E-state index is 0. The summed E-state index contributed by atoms with van der Waals surface area (Å²) >= 11 is 0. The zero-order valence-corrected chi connectivity index (χ0v) is 6.54. The molecule has 1 aliphatic heterocycles. The van der Waals surface area contributed by atoms with Crippen LogP contribution in [0.2, 0.25) is 0 Å². The van der Waals surface area contributed by atoms with Crippen LogP contribution in [0.1, 0.15) is 0 Å². The smallest absolute Gasteiger partial charge is 0.161 e. The minimum Gasteiger partial charge on any atom is -0.486 e. The van der Waals surface area contributed by atoms with E-state index in [4.69, 9.17) is 9.47 Å². The van der Waals surface area contributed by atoms with E-state index in [9.17, 15) is 0 Å². The molecule has 0 saturated heterocycles. The fourth-order valence-electron chi connectivity index (χ4n) is 0.992. The highest BCUT2D eigenvalue weighted by molar-refractivity contribution is 5.40. The SMILES string of the molecule is O.O.c1ccc2c(c1)OCCO2. The molecule has 0 spiro atoms. The maximum atomic E-state index is 5.30. The third-order valence-corrected chi connectivity index (χ3v) is 1.45. The minimum atomic E-state index is 0. The van der Waals surface area contributed by atoms with Crippen LogP contribution in [-0.2, 0) is 0 Å². The first kappa shape index (κ1) is 10.7. The Kier molecular flexibility index (Phi) is 4.10. The number of fused-ring (bicyclic) bond motifs is 1. The van der Waals surface area contributed by atoms with E-state index in [1.165, 1.54) is 0 Å². The molecule has 0 saturated carbocycles. The number of benzene rings is 1. The number of para-hydroxylation sites is 2. The van der Waals surface area contributed by atoms with E-state index in [1.807, 2.05) is 24.3 Å². The van der Waals surface area contributed by atoms with Crippen LogP contribution in [0.15, 0.2) is 24.3 Å². The van der Waals surface area contributed by atoms with Gasteiger partial charge in [-0.15, -0.1) is 0 Å². The van der Waals surface area contributed by atoms with Crippen molar-refractivity contribution in [1.82, 2.24) is 0 Å². The van der Waals surface area contributed by atoms with Gasteiger partial charge in [-0.25, -0.2) is 0 Å². The van der Waals surface area contributed by atoms with Crippen molar-refractivity contribution in [3.63, 3.8) is 0 Å². The lowest BCUT2D eigenvalue weighted by Gasteiger charge is -2.17. The molecular weight excluding hydrogens is 160 g/mol. The Morgan fingerprint density at radius 1 is 0.833 bits per heavy atom. The number of ether oxygens (including phenoxy) is 2. The van der Waals surface area contributed by atoms with Crippen LogP contribution in [0.3, 0.4) is 0 Å². The van der Waals surface area contributed by atoms with Crippen molar-refractivity contribution in [2.45, 2.75) is 0 Å². The second-order valence-corrected chi connectivity index (χ2v) is 2.14. The largest absolute Gasteiger partial charge is 0.486 e. The monoisotopic (exact) mass is 172 g/mol. The maximum absolute atomic E-state index is 5.30. The van der Waals surface area contributed by atoms with Crippen molar-refractivity contribution < 1.29 is 20.4 Å². The molecule has 2 rings (SSSR count). The van der Waals surface area contributed by atoms with Crippen LogP contribution in [0.5, 0.6) is 11.5 Å². The lowest BCUT2D eigenvalue weighted by molar-refractivity contribution is 0.171. The summed E-state index contributed by atoms with van der Waals surface area (Å²) in [5, 5.41) is 0. The summed E-state index contributed by atoms with van der Waals surface area (Å²) in [5.41, 5.74) is 0. The van der Waals surface area contributed by atoms with Gasteiger partial charge in [-0.3, -0.25) is 0 Å². The summed E-state index contributed by atoms with van der Waals surface area (Å²) in [6.07, 6.45) is 0. The Bertz CT molecular complexity index is 211. The van der Waals surface area contributed by atoms with E-state index in [0.29, 0.717) is 13.2 Å². The lowest BCUT2D eigenvalue weighted by atomic mass is 10.3. The molecule has 1 aliphatic rings. The second-order valence-electron chi connectivity index (χ2n) is 2.14. The molecule has 0 atom stereocenters. The Hall–Kier alpha value is -1.26. The third kappa shape index (κ3) is 1.87. The molecule has 4 N–H and O–H groups in total. The van der Waals surface area contributed by atoms with Crippen LogP contribution in [0.4, 0.5) is 0 Å². The quantitative estimate of drug-likeness (QED) is 0.543. The van der Waals surface area contributed by atoms with Crippen molar-refractivity contribution in [3.05, 3.63) is 24.3 Å². The van der Waals surface area contributed by atoms with E-state index in [-0.39, 0.29) is 11.0 Å². The molecule has 1 heterocycles. The molecule has 0 aromatic heterocycles. The molecule has 0 radical (unpaired) electrons. The molecule has 0 unspecified atom stereocenters. The maximum Gasteiger partial charge on any atom is 0.161 e. The summed E-state index contributed by atoms with van der Waals surface area (Å²) in [7, 11) is 0. The number of hydrogen-bond donors (Lipinski definition) is 0. The Morgan fingerprint density at radius 2 is 1.25 bits per heavy atom. The Morgan fingerprint density at radius 3 is 1.67 bits per heavy atom. The van der Waals surface area contributed by atoms with Crippen LogP contribution in [-0.4, -0.2) is 24.2 Å². The van der Waals surface area contributed by atoms with Crippen molar-refractivity contribution >= 4 is 0 Å². The van der Waals surface area contributed by atoms with Gasteiger partial charge < -0.3 is 20.4 Å². The third-order valence-electron chi connectivity index (χ3n) is 1.45. The molecule has 4 heteroatoms. The standard InChI is InChI=1S/C8H8O2.2H2O/c1-2-4-8-7(3-1)9-5-6-10-8;;/h1-4H,5-6H2;2*1H2. The Balaban J connectivity index is 0.000000605. The van der Waals surface area contributed by atoms with Crippen LogP contribution in [0.25, 0.3) is 0 Å². The van der Waals surface area contributed by atoms with Crippen LogP contribution < -0.4 is 9.47 Å². The van der Waals surface area contributed by atoms with Gasteiger partial charge in [-0.2, -0.15) is 0 Å². The van der Waals surface area contributed by atoms with Gasteiger partial charge in [0.05, 0.1) is 0 Å². The van der Waals surface area contributed by atoms with Crippen LogP contribution in [0, 0.1) is 0 Å². The summed E-state index contributed by atoms with van der Waals surface area (Å²) in [4.78, 5) is 0. The van der Waals surface area contributed by atoms with E-state index >= 15 is 0 Å². The topological polar surface area (TPSA) is 81.5 Å². The predicted molar refractivity (Wildman–Crippen MR) is 44.7 cm³/mol. The summed E-state index contributed by atoms with van der Waals surface area (Å²) in [6, 6.07) is 7.70. The van der Waals surface area contributed by atoms with Gasteiger partial charge in [0, 0.05) is 0 Å². The highest BCUT2D eigenvalue weighted by atomic mass is 16.6. The average Bonchev–Trinajstić information content (AvgIpc) is 2.05. The molecule has 0 bridgehead atoms.